The lowest BCUT2D eigenvalue weighted by atomic mass is 9.78. The van der Waals surface area contributed by atoms with Gasteiger partial charge < -0.3 is 10.6 Å². The molecule has 1 saturated carbocycles. The SMILES string of the molecule is CC(CC(=O)N1CCCC1)C1CCC(N)CC1. The largest absolute Gasteiger partial charge is 0.343 e. The average Bonchev–Trinajstić information content (AvgIpc) is 2.83. The Labute approximate surface area is 105 Å². The molecule has 0 radical (unpaired) electrons. The van der Waals surface area contributed by atoms with Crippen molar-refractivity contribution in [2.75, 3.05) is 13.1 Å². The van der Waals surface area contributed by atoms with E-state index in [9.17, 15) is 4.79 Å². The zero-order chi connectivity index (χ0) is 12.3. The maximum atomic E-state index is 12.1. The second-order valence-corrected chi connectivity index (χ2v) is 5.94. The van der Waals surface area contributed by atoms with Crippen LogP contribution in [-0.4, -0.2) is 29.9 Å². The van der Waals surface area contributed by atoms with Crippen molar-refractivity contribution < 1.29 is 4.79 Å². The number of amides is 1. The van der Waals surface area contributed by atoms with Gasteiger partial charge in [-0.2, -0.15) is 0 Å². The zero-order valence-corrected chi connectivity index (χ0v) is 11.0. The summed E-state index contributed by atoms with van der Waals surface area (Å²) in [7, 11) is 0. The fourth-order valence-corrected chi connectivity index (χ4v) is 3.25. The monoisotopic (exact) mass is 238 g/mol. The first-order valence-corrected chi connectivity index (χ1v) is 7.20. The van der Waals surface area contributed by atoms with Crippen LogP contribution in [-0.2, 0) is 4.79 Å². The fourth-order valence-electron chi connectivity index (χ4n) is 3.25. The number of carbonyl (C=O) groups excluding carboxylic acids is 1. The maximum absolute atomic E-state index is 12.1. The molecular weight excluding hydrogens is 212 g/mol. The van der Waals surface area contributed by atoms with Crippen molar-refractivity contribution in [2.24, 2.45) is 17.6 Å². The first-order chi connectivity index (χ1) is 8.16. The second-order valence-electron chi connectivity index (χ2n) is 5.94. The Hall–Kier alpha value is -0.570. The molecule has 2 aliphatic rings. The van der Waals surface area contributed by atoms with Crippen LogP contribution in [0.5, 0.6) is 0 Å². The highest BCUT2D eigenvalue weighted by molar-refractivity contribution is 5.76. The molecule has 0 aromatic heterocycles. The van der Waals surface area contributed by atoms with Crippen molar-refractivity contribution in [3.8, 4) is 0 Å². The summed E-state index contributed by atoms with van der Waals surface area (Å²) in [5.41, 5.74) is 5.92. The number of rotatable bonds is 3. The van der Waals surface area contributed by atoms with Gasteiger partial charge in [-0.15, -0.1) is 0 Å². The molecule has 0 aromatic rings. The average molecular weight is 238 g/mol. The second kappa shape index (κ2) is 5.85. The third-order valence-electron chi connectivity index (χ3n) is 4.58. The third kappa shape index (κ3) is 3.44. The molecule has 2 rings (SSSR count). The van der Waals surface area contributed by atoms with Crippen LogP contribution in [0.15, 0.2) is 0 Å². The molecule has 0 aromatic carbocycles. The molecule has 17 heavy (non-hydrogen) atoms. The Morgan fingerprint density at radius 2 is 1.82 bits per heavy atom. The summed E-state index contributed by atoms with van der Waals surface area (Å²) < 4.78 is 0. The minimum Gasteiger partial charge on any atom is -0.343 e. The van der Waals surface area contributed by atoms with Gasteiger partial charge in [0.05, 0.1) is 0 Å². The van der Waals surface area contributed by atoms with Gasteiger partial charge in [-0.25, -0.2) is 0 Å². The minimum absolute atomic E-state index is 0.380. The van der Waals surface area contributed by atoms with Crippen LogP contribution in [0.3, 0.4) is 0 Å². The third-order valence-corrected chi connectivity index (χ3v) is 4.58. The molecule has 2 N–H and O–H groups in total. The van der Waals surface area contributed by atoms with E-state index in [2.05, 4.69) is 6.92 Å². The highest BCUT2D eigenvalue weighted by Gasteiger charge is 2.27. The van der Waals surface area contributed by atoms with E-state index >= 15 is 0 Å². The normalized spacial score (nSPS) is 31.5. The van der Waals surface area contributed by atoms with Gasteiger partial charge in [0.25, 0.3) is 0 Å². The van der Waals surface area contributed by atoms with Gasteiger partial charge >= 0.3 is 0 Å². The topological polar surface area (TPSA) is 46.3 Å². The number of nitrogens with two attached hydrogens (primary N) is 1. The molecule has 1 aliphatic heterocycles. The number of carbonyl (C=O) groups is 1. The van der Waals surface area contributed by atoms with E-state index in [4.69, 9.17) is 5.73 Å². The molecule has 0 bridgehead atoms. The Morgan fingerprint density at radius 1 is 1.24 bits per heavy atom. The minimum atomic E-state index is 0.380. The van der Waals surface area contributed by atoms with Gasteiger partial charge in [-0.3, -0.25) is 4.79 Å². The van der Waals surface area contributed by atoms with Crippen LogP contribution in [0.25, 0.3) is 0 Å². The van der Waals surface area contributed by atoms with Gasteiger partial charge in [0.15, 0.2) is 0 Å². The van der Waals surface area contributed by atoms with E-state index in [1.807, 2.05) is 4.90 Å². The molecule has 1 atom stereocenters. The van der Waals surface area contributed by atoms with Gasteiger partial charge in [0, 0.05) is 25.6 Å². The van der Waals surface area contributed by atoms with E-state index in [-0.39, 0.29) is 0 Å². The molecule has 1 amide bonds. The van der Waals surface area contributed by atoms with Crippen molar-refractivity contribution in [2.45, 2.75) is 57.9 Å². The lowest BCUT2D eigenvalue weighted by Crippen LogP contribution is -2.33. The van der Waals surface area contributed by atoms with Gasteiger partial charge in [-0.1, -0.05) is 6.92 Å². The van der Waals surface area contributed by atoms with Crippen LogP contribution >= 0.6 is 0 Å². The summed E-state index contributed by atoms with van der Waals surface area (Å²) in [5.74, 6) is 1.64. The predicted molar refractivity (Wildman–Crippen MR) is 69.5 cm³/mol. The lowest BCUT2D eigenvalue weighted by molar-refractivity contribution is -0.131. The molecule has 3 nitrogen and oxygen atoms in total. The molecule has 98 valence electrons. The van der Waals surface area contributed by atoms with Crippen LogP contribution in [0.4, 0.5) is 0 Å². The van der Waals surface area contributed by atoms with E-state index < -0.39 is 0 Å². The highest BCUT2D eigenvalue weighted by Crippen LogP contribution is 2.31. The van der Waals surface area contributed by atoms with Crippen molar-refractivity contribution in [1.29, 1.82) is 0 Å². The highest BCUT2D eigenvalue weighted by atomic mass is 16.2. The molecule has 1 unspecified atom stereocenters. The van der Waals surface area contributed by atoms with E-state index in [1.165, 1.54) is 25.7 Å². The van der Waals surface area contributed by atoms with Crippen molar-refractivity contribution in [3.05, 3.63) is 0 Å². The summed E-state index contributed by atoms with van der Waals surface area (Å²) in [4.78, 5) is 14.1. The first kappa shape index (κ1) is 12.9. The van der Waals surface area contributed by atoms with Crippen molar-refractivity contribution in [3.63, 3.8) is 0 Å². The first-order valence-electron chi connectivity index (χ1n) is 7.20. The molecular formula is C14H26N2O. The number of nitrogens with zero attached hydrogens (tertiary/aromatic N) is 1. The quantitative estimate of drug-likeness (QED) is 0.819. The number of likely N-dealkylation sites (tertiary alicyclic amines) is 1. The summed E-state index contributed by atoms with van der Waals surface area (Å²) in [5, 5.41) is 0. The van der Waals surface area contributed by atoms with Gasteiger partial charge in [0.2, 0.25) is 5.91 Å². The van der Waals surface area contributed by atoms with Crippen molar-refractivity contribution in [1.82, 2.24) is 4.90 Å². The molecule has 1 saturated heterocycles. The molecule has 1 heterocycles. The predicted octanol–water partition coefficient (Wildman–Crippen LogP) is 2.15. The molecule has 1 aliphatic carbocycles. The maximum Gasteiger partial charge on any atom is 0.222 e. The van der Waals surface area contributed by atoms with E-state index in [1.54, 1.807) is 0 Å². The van der Waals surface area contributed by atoms with Gasteiger partial charge in [0.1, 0.15) is 0 Å². The Balaban J connectivity index is 1.76. The Bertz CT molecular complexity index is 253. The number of hydrogen-bond acceptors (Lipinski definition) is 2. The Morgan fingerprint density at radius 3 is 2.41 bits per heavy atom. The smallest absolute Gasteiger partial charge is 0.222 e. The summed E-state index contributed by atoms with van der Waals surface area (Å²) in [6, 6.07) is 0.410. The lowest BCUT2D eigenvalue weighted by Gasteiger charge is -2.31. The van der Waals surface area contributed by atoms with Gasteiger partial charge in [-0.05, 0) is 50.4 Å². The molecule has 0 spiro atoms. The van der Waals surface area contributed by atoms with Crippen LogP contribution in [0.1, 0.15) is 51.9 Å². The molecule has 2 fully saturated rings. The zero-order valence-electron chi connectivity index (χ0n) is 11.0. The fraction of sp³-hybridized carbons (Fsp3) is 0.929. The van der Waals surface area contributed by atoms with Crippen LogP contribution in [0, 0.1) is 11.8 Å². The molecule has 3 heteroatoms. The summed E-state index contributed by atoms with van der Waals surface area (Å²) in [6.07, 6.45) is 7.86. The van der Waals surface area contributed by atoms with Crippen molar-refractivity contribution >= 4 is 5.91 Å². The number of hydrogen-bond donors (Lipinski definition) is 1. The van der Waals surface area contributed by atoms with Crippen LogP contribution < -0.4 is 5.73 Å². The summed E-state index contributed by atoms with van der Waals surface area (Å²) >= 11 is 0. The summed E-state index contributed by atoms with van der Waals surface area (Å²) in [6.45, 7) is 4.22. The van der Waals surface area contributed by atoms with E-state index in [0.717, 1.165) is 38.3 Å². The Kier molecular flexibility index (Phi) is 4.43. The standard InChI is InChI=1S/C14H26N2O/c1-11(12-4-6-13(15)7-5-12)10-14(17)16-8-2-3-9-16/h11-13H,2-10,15H2,1H3. The van der Waals surface area contributed by atoms with Crippen LogP contribution in [0.2, 0.25) is 0 Å². The van der Waals surface area contributed by atoms with E-state index in [0.29, 0.717) is 17.9 Å².